The summed E-state index contributed by atoms with van der Waals surface area (Å²) in [7, 11) is 0. The normalized spacial score (nSPS) is 13.9. The van der Waals surface area contributed by atoms with Crippen LogP contribution in [0, 0.1) is 11.6 Å². The molecule has 2 unspecified atom stereocenters. The molecule has 0 bridgehead atoms. The number of aliphatic hydroxyl groups excluding tert-OH is 1. The summed E-state index contributed by atoms with van der Waals surface area (Å²) < 4.78 is 25.7. The Morgan fingerprint density at radius 2 is 2.11 bits per heavy atom. The van der Waals surface area contributed by atoms with Crippen LogP contribution in [0.4, 0.5) is 8.78 Å². The van der Waals surface area contributed by atoms with Crippen molar-refractivity contribution >= 4 is 17.7 Å². The van der Waals surface area contributed by atoms with E-state index in [2.05, 4.69) is 5.32 Å². The lowest BCUT2D eigenvalue weighted by atomic mass is 10.1. The second kappa shape index (κ2) is 7.45. The van der Waals surface area contributed by atoms with Gasteiger partial charge in [-0.05, 0) is 30.9 Å². The van der Waals surface area contributed by atoms with Crippen molar-refractivity contribution in [3.05, 3.63) is 35.4 Å². The van der Waals surface area contributed by atoms with Crippen molar-refractivity contribution in [1.29, 1.82) is 0 Å². The monoisotopic (exact) mass is 289 g/mol. The van der Waals surface area contributed by atoms with Gasteiger partial charge in [-0.1, -0.05) is 6.07 Å². The zero-order valence-corrected chi connectivity index (χ0v) is 11.6. The van der Waals surface area contributed by atoms with Gasteiger partial charge in [0.1, 0.15) is 0 Å². The van der Waals surface area contributed by atoms with Crippen LogP contribution in [0.3, 0.4) is 0 Å². The predicted octanol–water partition coefficient (Wildman–Crippen LogP) is 1.74. The molecule has 19 heavy (non-hydrogen) atoms. The molecule has 0 aliphatic heterocycles. The molecule has 0 spiro atoms. The minimum Gasteiger partial charge on any atom is -0.395 e. The zero-order valence-electron chi connectivity index (χ0n) is 10.8. The van der Waals surface area contributed by atoms with E-state index in [-0.39, 0.29) is 30.2 Å². The number of amides is 1. The Balaban J connectivity index is 2.57. The highest BCUT2D eigenvalue weighted by Gasteiger charge is 2.17. The molecule has 106 valence electrons. The Kier molecular flexibility index (Phi) is 6.24. The van der Waals surface area contributed by atoms with Gasteiger partial charge < -0.3 is 10.4 Å². The lowest BCUT2D eigenvalue weighted by Crippen LogP contribution is -2.41. The molecular weight excluding hydrogens is 272 g/mol. The minimum absolute atomic E-state index is 0.0198. The van der Waals surface area contributed by atoms with Crippen LogP contribution in [0.25, 0.3) is 0 Å². The number of benzene rings is 1. The molecule has 0 aliphatic rings. The molecular formula is C13H17F2NO2S. The van der Waals surface area contributed by atoms with E-state index in [4.69, 9.17) is 5.11 Å². The number of thioether (sulfide) groups is 1. The van der Waals surface area contributed by atoms with Crippen LogP contribution in [0.2, 0.25) is 0 Å². The quantitative estimate of drug-likeness (QED) is 0.838. The second-order valence-electron chi connectivity index (χ2n) is 4.24. The fraction of sp³-hybridized carbons (Fsp3) is 0.462. The molecule has 0 radical (unpaired) electrons. The van der Waals surface area contributed by atoms with Crippen LogP contribution in [0.1, 0.15) is 12.5 Å². The molecule has 1 amide bonds. The molecule has 0 saturated carbocycles. The van der Waals surface area contributed by atoms with Crippen molar-refractivity contribution in [2.24, 2.45) is 0 Å². The highest BCUT2D eigenvalue weighted by Crippen LogP contribution is 2.12. The van der Waals surface area contributed by atoms with Crippen molar-refractivity contribution < 1.29 is 18.7 Å². The highest BCUT2D eigenvalue weighted by molar-refractivity contribution is 7.99. The minimum atomic E-state index is -0.962. The Morgan fingerprint density at radius 1 is 1.42 bits per heavy atom. The Bertz CT molecular complexity index is 439. The van der Waals surface area contributed by atoms with Crippen molar-refractivity contribution in [2.75, 3.05) is 12.9 Å². The highest BCUT2D eigenvalue weighted by atomic mass is 32.2. The van der Waals surface area contributed by atoms with E-state index in [1.54, 1.807) is 6.92 Å². The number of aliphatic hydroxyl groups is 1. The van der Waals surface area contributed by atoms with E-state index in [9.17, 15) is 13.6 Å². The van der Waals surface area contributed by atoms with Crippen LogP contribution in [-0.4, -0.2) is 35.2 Å². The summed E-state index contributed by atoms with van der Waals surface area (Å²) in [6, 6.07) is 3.19. The number of hydrogen-bond acceptors (Lipinski definition) is 3. The molecule has 0 saturated heterocycles. The first-order chi connectivity index (χ1) is 8.97. The fourth-order valence-corrected chi connectivity index (χ4v) is 2.30. The van der Waals surface area contributed by atoms with Gasteiger partial charge in [0, 0.05) is 11.3 Å². The van der Waals surface area contributed by atoms with Crippen LogP contribution in [0.15, 0.2) is 18.2 Å². The number of carbonyl (C=O) groups is 1. The third-order valence-corrected chi connectivity index (χ3v) is 3.94. The summed E-state index contributed by atoms with van der Waals surface area (Å²) in [6.07, 6.45) is 1.83. The standard InChI is InChI=1S/C13H17F2NO2S/c1-8(12(7-17)19-2)16-13(18)6-9-3-4-10(14)11(15)5-9/h3-5,8,12,17H,6-7H2,1-2H3,(H,16,18). The molecule has 2 atom stereocenters. The first-order valence-corrected chi connectivity index (χ1v) is 7.13. The van der Waals surface area contributed by atoms with Crippen molar-refractivity contribution in [2.45, 2.75) is 24.6 Å². The number of carbonyl (C=O) groups excluding carboxylic acids is 1. The van der Waals surface area contributed by atoms with Gasteiger partial charge in [0.25, 0.3) is 0 Å². The molecule has 0 aliphatic carbocycles. The van der Waals surface area contributed by atoms with Gasteiger partial charge in [-0.3, -0.25) is 4.79 Å². The summed E-state index contributed by atoms with van der Waals surface area (Å²) in [5.41, 5.74) is 0.410. The van der Waals surface area contributed by atoms with E-state index < -0.39 is 11.6 Å². The number of nitrogens with one attached hydrogen (secondary N) is 1. The van der Waals surface area contributed by atoms with E-state index in [0.29, 0.717) is 5.56 Å². The van der Waals surface area contributed by atoms with Crippen LogP contribution >= 0.6 is 11.8 Å². The average molecular weight is 289 g/mol. The van der Waals surface area contributed by atoms with Gasteiger partial charge in [0.05, 0.1) is 13.0 Å². The molecule has 0 aromatic heterocycles. The number of halogens is 2. The summed E-state index contributed by atoms with van der Waals surface area (Å²) in [5.74, 6) is -2.18. The third kappa shape index (κ3) is 4.80. The zero-order chi connectivity index (χ0) is 14.4. The second-order valence-corrected chi connectivity index (χ2v) is 5.32. The van der Waals surface area contributed by atoms with Gasteiger partial charge >= 0.3 is 0 Å². The fourth-order valence-electron chi connectivity index (χ4n) is 1.67. The molecule has 2 N–H and O–H groups in total. The molecule has 1 aromatic rings. The molecule has 1 rings (SSSR count). The maximum atomic E-state index is 13.0. The van der Waals surface area contributed by atoms with Crippen LogP contribution in [0.5, 0.6) is 0 Å². The van der Waals surface area contributed by atoms with Gasteiger partial charge in [-0.2, -0.15) is 11.8 Å². The van der Waals surface area contributed by atoms with Crippen molar-refractivity contribution in [3.63, 3.8) is 0 Å². The molecule has 1 aromatic carbocycles. The SMILES string of the molecule is CSC(CO)C(C)NC(=O)Cc1ccc(F)c(F)c1. The Hall–Kier alpha value is -1.14. The van der Waals surface area contributed by atoms with E-state index in [1.165, 1.54) is 17.8 Å². The topological polar surface area (TPSA) is 49.3 Å². The molecule has 0 heterocycles. The van der Waals surface area contributed by atoms with Gasteiger partial charge in [0.15, 0.2) is 11.6 Å². The van der Waals surface area contributed by atoms with Crippen LogP contribution in [-0.2, 0) is 11.2 Å². The third-order valence-electron chi connectivity index (χ3n) is 2.78. The predicted molar refractivity (Wildman–Crippen MR) is 72.1 cm³/mol. The number of hydrogen-bond donors (Lipinski definition) is 2. The molecule has 3 nitrogen and oxygen atoms in total. The molecule has 6 heteroatoms. The van der Waals surface area contributed by atoms with Crippen molar-refractivity contribution in [1.82, 2.24) is 5.32 Å². The summed E-state index contributed by atoms with van der Waals surface area (Å²) in [4.78, 5) is 11.7. The number of rotatable bonds is 6. The Morgan fingerprint density at radius 3 is 2.63 bits per heavy atom. The Labute approximate surface area is 115 Å². The summed E-state index contributed by atoms with van der Waals surface area (Å²) >= 11 is 1.46. The summed E-state index contributed by atoms with van der Waals surface area (Å²) in [6.45, 7) is 1.76. The lowest BCUT2D eigenvalue weighted by molar-refractivity contribution is -0.121. The maximum absolute atomic E-state index is 13.0. The first-order valence-electron chi connectivity index (χ1n) is 5.85. The van der Waals surface area contributed by atoms with Gasteiger partial charge in [-0.15, -0.1) is 0 Å². The maximum Gasteiger partial charge on any atom is 0.224 e. The van der Waals surface area contributed by atoms with Crippen molar-refractivity contribution in [3.8, 4) is 0 Å². The van der Waals surface area contributed by atoms with Gasteiger partial charge in [-0.25, -0.2) is 8.78 Å². The largest absolute Gasteiger partial charge is 0.395 e. The first kappa shape index (κ1) is 15.9. The lowest BCUT2D eigenvalue weighted by Gasteiger charge is -2.21. The van der Waals surface area contributed by atoms with Gasteiger partial charge in [0.2, 0.25) is 5.91 Å². The van der Waals surface area contributed by atoms with E-state index in [0.717, 1.165) is 12.1 Å². The average Bonchev–Trinajstić information content (AvgIpc) is 2.35. The molecule has 0 fully saturated rings. The summed E-state index contributed by atoms with van der Waals surface area (Å²) in [5, 5.41) is 11.7. The van der Waals surface area contributed by atoms with E-state index in [1.807, 2.05) is 6.26 Å². The smallest absolute Gasteiger partial charge is 0.224 e. The van der Waals surface area contributed by atoms with E-state index >= 15 is 0 Å². The van der Waals surface area contributed by atoms with Crippen LogP contribution < -0.4 is 5.32 Å².